The molecule has 0 aliphatic heterocycles. The number of carbonyl (C=O) groups excluding carboxylic acids is 2. The highest BCUT2D eigenvalue weighted by molar-refractivity contribution is 7.12. The number of aryl methyl sites for hydroxylation is 2. The van der Waals surface area contributed by atoms with Crippen LogP contribution in [0.15, 0.2) is 6.07 Å². The molecule has 0 aliphatic rings. The predicted molar refractivity (Wildman–Crippen MR) is 74.2 cm³/mol. The number of hydrogen-bond acceptors (Lipinski definition) is 3. The Morgan fingerprint density at radius 3 is 2.39 bits per heavy atom. The van der Waals surface area contributed by atoms with E-state index in [9.17, 15) is 9.59 Å². The van der Waals surface area contributed by atoms with E-state index in [1.807, 2.05) is 26.8 Å². The summed E-state index contributed by atoms with van der Waals surface area (Å²) in [6.07, 6.45) is 0. The Balaban J connectivity index is 2.60. The molecule has 0 saturated carbocycles. The highest BCUT2D eigenvalue weighted by atomic mass is 35.5. The molecule has 6 heteroatoms. The monoisotopic (exact) mass is 288 g/mol. The van der Waals surface area contributed by atoms with Crippen molar-refractivity contribution in [1.82, 2.24) is 10.6 Å². The minimum atomic E-state index is -0.726. The van der Waals surface area contributed by atoms with Crippen LogP contribution >= 0.6 is 22.9 Å². The van der Waals surface area contributed by atoms with Crippen LogP contribution in [-0.2, 0) is 4.79 Å². The van der Waals surface area contributed by atoms with Crippen LogP contribution in [0.2, 0.25) is 0 Å². The van der Waals surface area contributed by atoms with Gasteiger partial charge in [0.05, 0.1) is 6.04 Å². The molecule has 1 aromatic heterocycles. The second-order valence-electron chi connectivity index (χ2n) is 4.17. The molecule has 0 bridgehead atoms. The number of halogens is 1. The van der Waals surface area contributed by atoms with Crippen LogP contribution in [-0.4, -0.2) is 17.3 Å². The zero-order chi connectivity index (χ0) is 13.9. The maximum absolute atomic E-state index is 11.6. The van der Waals surface area contributed by atoms with E-state index in [-0.39, 0.29) is 6.04 Å². The molecule has 2 atom stereocenters. The van der Waals surface area contributed by atoms with Gasteiger partial charge in [-0.2, -0.15) is 0 Å². The molecule has 1 aromatic rings. The molecule has 0 saturated heterocycles. The van der Waals surface area contributed by atoms with Gasteiger partial charge in [0.1, 0.15) is 5.38 Å². The summed E-state index contributed by atoms with van der Waals surface area (Å²) in [5.74, 6) is -0.500. The Hall–Kier alpha value is -1.07. The Labute approximate surface area is 116 Å². The molecule has 1 rings (SSSR count). The van der Waals surface area contributed by atoms with E-state index in [1.165, 1.54) is 11.8 Å². The van der Waals surface area contributed by atoms with Crippen molar-refractivity contribution in [3.8, 4) is 0 Å². The van der Waals surface area contributed by atoms with E-state index < -0.39 is 17.3 Å². The quantitative estimate of drug-likeness (QED) is 0.840. The third-order valence-electron chi connectivity index (χ3n) is 2.49. The number of urea groups is 1. The number of carbonyl (C=O) groups is 2. The van der Waals surface area contributed by atoms with Gasteiger partial charge in [0.15, 0.2) is 0 Å². The first-order valence-electron chi connectivity index (χ1n) is 5.63. The SMILES string of the molecule is Cc1cc(C(C)NC(=O)NC(=O)C(C)Cl)c(C)s1. The Kier molecular flexibility index (Phi) is 5.16. The smallest absolute Gasteiger partial charge is 0.321 e. The lowest BCUT2D eigenvalue weighted by Gasteiger charge is -2.14. The van der Waals surface area contributed by atoms with Crippen molar-refractivity contribution in [1.29, 1.82) is 0 Å². The maximum Gasteiger partial charge on any atom is 0.321 e. The Bertz CT molecular complexity index is 457. The summed E-state index contributed by atoms with van der Waals surface area (Å²) in [7, 11) is 0. The molecular weight excluding hydrogens is 272 g/mol. The Morgan fingerprint density at radius 2 is 1.94 bits per heavy atom. The van der Waals surface area contributed by atoms with E-state index in [2.05, 4.69) is 10.6 Å². The van der Waals surface area contributed by atoms with Crippen LogP contribution in [0.5, 0.6) is 0 Å². The van der Waals surface area contributed by atoms with Crippen molar-refractivity contribution in [2.75, 3.05) is 0 Å². The van der Waals surface area contributed by atoms with Crippen molar-refractivity contribution in [3.05, 3.63) is 21.4 Å². The molecular formula is C12H17ClN2O2S. The van der Waals surface area contributed by atoms with Gasteiger partial charge in [-0.25, -0.2) is 4.79 Å². The lowest BCUT2D eigenvalue weighted by Crippen LogP contribution is -2.43. The third-order valence-corrected chi connectivity index (χ3v) is 3.67. The standard InChI is InChI=1S/C12H17ClN2O2S/c1-6-5-10(9(4)18-6)8(3)14-12(17)15-11(16)7(2)13/h5,7-8H,1-4H3,(H2,14,15,16,17). The first kappa shape index (κ1) is 15.0. The highest BCUT2D eigenvalue weighted by Gasteiger charge is 2.17. The average molecular weight is 289 g/mol. The number of imide groups is 1. The second kappa shape index (κ2) is 6.20. The number of alkyl halides is 1. The van der Waals surface area contributed by atoms with Crippen LogP contribution < -0.4 is 10.6 Å². The number of hydrogen-bond donors (Lipinski definition) is 2. The molecule has 18 heavy (non-hydrogen) atoms. The van der Waals surface area contributed by atoms with Crippen LogP contribution in [0.25, 0.3) is 0 Å². The second-order valence-corrected chi connectivity index (χ2v) is 6.28. The molecule has 0 aromatic carbocycles. The van der Waals surface area contributed by atoms with Gasteiger partial charge in [0, 0.05) is 9.75 Å². The first-order valence-corrected chi connectivity index (χ1v) is 6.89. The topological polar surface area (TPSA) is 58.2 Å². The van der Waals surface area contributed by atoms with E-state index >= 15 is 0 Å². The van der Waals surface area contributed by atoms with Crippen molar-refractivity contribution in [2.24, 2.45) is 0 Å². The van der Waals surface area contributed by atoms with Crippen molar-refractivity contribution in [2.45, 2.75) is 39.1 Å². The van der Waals surface area contributed by atoms with Gasteiger partial charge >= 0.3 is 6.03 Å². The summed E-state index contributed by atoms with van der Waals surface area (Å²) in [4.78, 5) is 25.2. The first-order chi connectivity index (χ1) is 8.31. The molecule has 0 spiro atoms. The molecule has 2 N–H and O–H groups in total. The fourth-order valence-corrected chi connectivity index (χ4v) is 2.68. The van der Waals surface area contributed by atoms with Crippen molar-refractivity contribution >= 4 is 34.9 Å². The maximum atomic E-state index is 11.6. The van der Waals surface area contributed by atoms with Crippen molar-refractivity contribution in [3.63, 3.8) is 0 Å². The number of thiophene rings is 1. The van der Waals surface area contributed by atoms with Gasteiger partial charge in [-0.05, 0) is 39.3 Å². The number of amides is 3. The fourth-order valence-electron chi connectivity index (χ4n) is 1.60. The molecule has 100 valence electrons. The van der Waals surface area contributed by atoms with Crippen LogP contribution in [0.4, 0.5) is 4.79 Å². The summed E-state index contributed by atoms with van der Waals surface area (Å²) in [6.45, 7) is 7.42. The largest absolute Gasteiger partial charge is 0.331 e. The Morgan fingerprint density at radius 1 is 1.33 bits per heavy atom. The summed E-state index contributed by atoms with van der Waals surface area (Å²) in [5.41, 5.74) is 1.07. The van der Waals surface area contributed by atoms with E-state index in [4.69, 9.17) is 11.6 Å². The van der Waals surface area contributed by atoms with E-state index in [0.717, 1.165) is 10.4 Å². The molecule has 4 nitrogen and oxygen atoms in total. The lowest BCUT2D eigenvalue weighted by molar-refractivity contribution is -0.119. The summed E-state index contributed by atoms with van der Waals surface area (Å²) < 4.78 is 0. The van der Waals surface area contributed by atoms with Crippen molar-refractivity contribution < 1.29 is 9.59 Å². The van der Waals surface area contributed by atoms with Crippen LogP contribution in [0, 0.1) is 13.8 Å². The number of nitrogens with one attached hydrogen (secondary N) is 2. The third kappa shape index (κ3) is 3.99. The molecule has 0 radical (unpaired) electrons. The zero-order valence-corrected chi connectivity index (χ0v) is 12.4. The van der Waals surface area contributed by atoms with E-state index in [0.29, 0.717) is 0 Å². The van der Waals surface area contributed by atoms with Crippen LogP contribution in [0.3, 0.4) is 0 Å². The highest BCUT2D eigenvalue weighted by Crippen LogP contribution is 2.25. The summed E-state index contributed by atoms with van der Waals surface area (Å²) >= 11 is 7.25. The zero-order valence-electron chi connectivity index (χ0n) is 10.8. The minimum Gasteiger partial charge on any atom is -0.331 e. The molecule has 0 fully saturated rings. The van der Waals surface area contributed by atoms with Gasteiger partial charge in [0.25, 0.3) is 0 Å². The minimum absolute atomic E-state index is 0.145. The van der Waals surface area contributed by atoms with Gasteiger partial charge in [0.2, 0.25) is 5.91 Å². The van der Waals surface area contributed by atoms with Gasteiger partial charge in [-0.15, -0.1) is 22.9 Å². The molecule has 1 heterocycles. The van der Waals surface area contributed by atoms with Gasteiger partial charge < -0.3 is 5.32 Å². The van der Waals surface area contributed by atoms with Gasteiger partial charge in [-0.3, -0.25) is 10.1 Å². The summed E-state index contributed by atoms with van der Waals surface area (Å²) in [6, 6.07) is 1.37. The predicted octanol–water partition coefficient (Wildman–Crippen LogP) is 2.88. The molecule has 2 unspecified atom stereocenters. The molecule has 3 amide bonds. The number of rotatable bonds is 3. The lowest BCUT2D eigenvalue weighted by atomic mass is 10.1. The van der Waals surface area contributed by atoms with Gasteiger partial charge in [-0.1, -0.05) is 0 Å². The molecule has 0 aliphatic carbocycles. The fraction of sp³-hybridized carbons (Fsp3) is 0.500. The van der Waals surface area contributed by atoms with Crippen LogP contribution in [0.1, 0.15) is 35.2 Å². The summed E-state index contributed by atoms with van der Waals surface area (Å²) in [5, 5.41) is 4.18. The normalized spacial score (nSPS) is 13.8. The van der Waals surface area contributed by atoms with E-state index in [1.54, 1.807) is 11.3 Å². The average Bonchev–Trinajstić information content (AvgIpc) is 2.57.